The van der Waals surface area contributed by atoms with Gasteiger partial charge in [0.05, 0.1) is 11.1 Å². The van der Waals surface area contributed by atoms with Gasteiger partial charge in [0, 0.05) is 44.2 Å². The van der Waals surface area contributed by atoms with E-state index in [1.165, 1.54) is 11.0 Å². The first kappa shape index (κ1) is 19.8. The van der Waals surface area contributed by atoms with Crippen LogP contribution in [0.1, 0.15) is 43.3 Å². The van der Waals surface area contributed by atoms with Gasteiger partial charge in [-0.1, -0.05) is 18.2 Å². The van der Waals surface area contributed by atoms with Crippen LogP contribution in [-0.2, 0) is 11.2 Å². The lowest BCUT2D eigenvalue weighted by Crippen LogP contribution is -2.31. The Hall–Kier alpha value is -3.45. The number of para-hydroxylation sites is 1. The second-order valence-corrected chi connectivity index (χ2v) is 7.13. The number of hydrogen-bond acceptors (Lipinski definition) is 5. The molecular formula is C23H22N2O5. The van der Waals surface area contributed by atoms with Crippen LogP contribution >= 0.6 is 0 Å². The molecule has 2 heterocycles. The van der Waals surface area contributed by atoms with Crippen molar-refractivity contribution in [2.24, 2.45) is 0 Å². The maximum absolute atomic E-state index is 12.6. The quantitative estimate of drug-likeness (QED) is 0.459. The van der Waals surface area contributed by atoms with Gasteiger partial charge in [-0.2, -0.15) is 0 Å². The third-order valence-corrected chi connectivity index (χ3v) is 5.10. The molecule has 0 saturated carbocycles. The number of nitrogens with one attached hydrogen (secondary N) is 1. The fourth-order valence-corrected chi connectivity index (χ4v) is 3.56. The number of ether oxygens (including phenoxy) is 1. The Morgan fingerprint density at radius 1 is 1.07 bits per heavy atom. The highest BCUT2D eigenvalue weighted by molar-refractivity contribution is 6.22. The number of rotatable bonds is 8. The number of benzene rings is 2. The van der Waals surface area contributed by atoms with E-state index in [2.05, 4.69) is 5.32 Å². The van der Waals surface area contributed by atoms with E-state index in [1.54, 1.807) is 19.2 Å². The van der Waals surface area contributed by atoms with Crippen LogP contribution in [0.5, 0.6) is 0 Å². The molecule has 2 aromatic carbocycles. The molecule has 0 unspecified atom stereocenters. The van der Waals surface area contributed by atoms with Crippen LogP contribution in [0.15, 0.2) is 52.9 Å². The summed E-state index contributed by atoms with van der Waals surface area (Å²) in [5, 5.41) is 3.86. The molecule has 3 amide bonds. The molecule has 0 spiro atoms. The lowest BCUT2D eigenvalue weighted by molar-refractivity contribution is 0.0638. The molecule has 3 aromatic rings. The Labute approximate surface area is 173 Å². The lowest BCUT2D eigenvalue weighted by atomic mass is 10.1. The summed E-state index contributed by atoms with van der Waals surface area (Å²) in [4.78, 5) is 38.7. The largest absolute Gasteiger partial charge is 0.461 e. The van der Waals surface area contributed by atoms with E-state index in [-0.39, 0.29) is 23.3 Å². The SMILES string of the molecule is COCCCN1C(=O)c2ccc(C(=O)NCCc3cc4ccccc4o3)cc2C1=O. The molecule has 1 aliphatic heterocycles. The molecule has 1 N–H and O–H groups in total. The zero-order valence-electron chi connectivity index (χ0n) is 16.6. The van der Waals surface area contributed by atoms with E-state index in [9.17, 15) is 14.4 Å². The number of amides is 3. The van der Waals surface area contributed by atoms with Crippen LogP contribution in [-0.4, -0.2) is 49.4 Å². The molecule has 1 aromatic heterocycles. The molecule has 0 saturated heterocycles. The normalized spacial score (nSPS) is 13.2. The van der Waals surface area contributed by atoms with E-state index in [1.807, 2.05) is 30.3 Å². The van der Waals surface area contributed by atoms with Crippen molar-refractivity contribution < 1.29 is 23.5 Å². The minimum Gasteiger partial charge on any atom is -0.461 e. The number of carbonyl (C=O) groups excluding carboxylic acids is 3. The molecule has 4 rings (SSSR count). The van der Waals surface area contributed by atoms with Gasteiger partial charge in [0.15, 0.2) is 0 Å². The van der Waals surface area contributed by atoms with Crippen molar-refractivity contribution in [3.8, 4) is 0 Å². The number of carbonyl (C=O) groups is 3. The number of furan rings is 1. The van der Waals surface area contributed by atoms with Crippen molar-refractivity contribution in [3.63, 3.8) is 0 Å². The smallest absolute Gasteiger partial charge is 0.261 e. The van der Waals surface area contributed by atoms with Crippen LogP contribution in [0.3, 0.4) is 0 Å². The zero-order valence-corrected chi connectivity index (χ0v) is 16.6. The second-order valence-electron chi connectivity index (χ2n) is 7.13. The molecule has 0 bridgehead atoms. The Bertz CT molecular complexity index is 1080. The molecule has 154 valence electrons. The van der Waals surface area contributed by atoms with Crippen molar-refractivity contribution in [1.82, 2.24) is 10.2 Å². The number of imide groups is 1. The topological polar surface area (TPSA) is 88.8 Å². The van der Waals surface area contributed by atoms with Crippen molar-refractivity contribution in [2.45, 2.75) is 12.8 Å². The zero-order chi connectivity index (χ0) is 21.1. The Morgan fingerprint density at radius 3 is 2.67 bits per heavy atom. The standard InChI is InChI=1S/C23H22N2O5/c1-29-12-4-11-25-22(27)18-8-7-16(14-19(18)23(25)28)21(26)24-10-9-17-13-15-5-2-3-6-20(15)30-17/h2-3,5-8,13-14H,4,9-12H2,1H3,(H,24,26). The van der Waals surface area contributed by atoms with Crippen molar-refractivity contribution in [1.29, 1.82) is 0 Å². The summed E-state index contributed by atoms with van der Waals surface area (Å²) in [6.07, 6.45) is 1.12. The molecule has 1 aliphatic rings. The number of hydrogen-bond donors (Lipinski definition) is 1. The summed E-state index contributed by atoms with van der Waals surface area (Å²) in [6, 6.07) is 14.3. The highest BCUT2D eigenvalue weighted by atomic mass is 16.5. The minimum atomic E-state index is -0.372. The molecule has 30 heavy (non-hydrogen) atoms. The van der Waals surface area contributed by atoms with Crippen LogP contribution in [0.25, 0.3) is 11.0 Å². The summed E-state index contributed by atoms with van der Waals surface area (Å²) in [5.41, 5.74) is 1.76. The first-order valence-electron chi connectivity index (χ1n) is 9.83. The van der Waals surface area contributed by atoms with Gasteiger partial charge in [-0.15, -0.1) is 0 Å². The Morgan fingerprint density at radius 2 is 1.87 bits per heavy atom. The van der Waals surface area contributed by atoms with Gasteiger partial charge in [-0.05, 0) is 36.8 Å². The van der Waals surface area contributed by atoms with Gasteiger partial charge in [0.1, 0.15) is 11.3 Å². The van der Waals surface area contributed by atoms with Crippen LogP contribution < -0.4 is 5.32 Å². The van der Waals surface area contributed by atoms with Gasteiger partial charge in [0.2, 0.25) is 0 Å². The fraction of sp³-hybridized carbons (Fsp3) is 0.261. The monoisotopic (exact) mass is 406 g/mol. The Balaban J connectivity index is 1.38. The first-order chi connectivity index (χ1) is 14.6. The highest BCUT2D eigenvalue weighted by Crippen LogP contribution is 2.24. The van der Waals surface area contributed by atoms with E-state index < -0.39 is 0 Å². The average Bonchev–Trinajstić information content (AvgIpc) is 3.27. The molecule has 0 fully saturated rings. The van der Waals surface area contributed by atoms with E-state index in [4.69, 9.17) is 9.15 Å². The fourth-order valence-electron chi connectivity index (χ4n) is 3.56. The van der Waals surface area contributed by atoms with E-state index in [0.717, 1.165) is 16.7 Å². The van der Waals surface area contributed by atoms with Crippen molar-refractivity contribution >= 4 is 28.7 Å². The molecule has 7 nitrogen and oxygen atoms in total. The summed E-state index contributed by atoms with van der Waals surface area (Å²) in [6.45, 7) is 1.15. The first-order valence-corrected chi connectivity index (χ1v) is 9.83. The van der Waals surface area contributed by atoms with E-state index >= 15 is 0 Å². The van der Waals surface area contributed by atoms with Gasteiger partial charge in [-0.25, -0.2) is 0 Å². The van der Waals surface area contributed by atoms with Gasteiger partial charge < -0.3 is 14.5 Å². The van der Waals surface area contributed by atoms with Gasteiger partial charge in [0.25, 0.3) is 17.7 Å². The second kappa shape index (κ2) is 8.51. The number of methoxy groups -OCH3 is 1. The molecule has 0 atom stereocenters. The maximum Gasteiger partial charge on any atom is 0.261 e. The summed E-state index contributed by atoms with van der Waals surface area (Å²) < 4.78 is 10.7. The molecular weight excluding hydrogens is 384 g/mol. The minimum absolute atomic E-state index is 0.266. The molecule has 0 aliphatic carbocycles. The maximum atomic E-state index is 12.6. The van der Waals surface area contributed by atoms with Crippen LogP contribution in [0, 0.1) is 0 Å². The van der Waals surface area contributed by atoms with Crippen molar-refractivity contribution in [2.75, 3.05) is 26.8 Å². The van der Waals surface area contributed by atoms with Gasteiger partial charge in [-0.3, -0.25) is 19.3 Å². The number of fused-ring (bicyclic) bond motifs is 2. The van der Waals surface area contributed by atoms with Crippen LogP contribution in [0.4, 0.5) is 0 Å². The average molecular weight is 406 g/mol. The summed E-state index contributed by atoms with van der Waals surface area (Å²) >= 11 is 0. The molecule has 0 radical (unpaired) electrons. The molecule has 7 heteroatoms. The van der Waals surface area contributed by atoms with Crippen LogP contribution in [0.2, 0.25) is 0 Å². The predicted molar refractivity (Wildman–Crippen MR) is 111 cm³/mol. The summed E-state index contributed by atoms with van der Waals surface area (Å²) in [7, 11) is 1.57. The van der Waals surface area contributed by atoms with Gasteiger partial charge >= 0.3 is 0 Å². The predicted octanol–water partition coefficient (Wildman–Crippen LogP) is 3.04. The van der Waals surface area contributed by atoms with E-state index in [0.29, 0.717) is 43.7 Å². The number of nitrogens with zero attached hydrogens (tertiary/aromatic N) is 1. The Kier molecular flexibility index (Phi) is 5.63. The van der Waals surface area contributed by atoms with Crippen molar-refractivity contribution in [3.05, 3.63) is 71.0 Å². The third-order valence-electron chi connectivity index (χ3n) is 5.10. The lowest BCUT2D eigenvalue weighted by Gasteiger charge is -2.12. The highest BCUT2D eigenvalue weighted by Gasteiger charge is 2.35. The summed E-state index contributed by atoms with van der Waals surface area (Å²) in [5.74, 6) is -0.212. The third kappa shape index (κ3) is 3.84.